The fourth-order valence-corrected chi connectivity index (χ4v) is 4.60. The minimum Gasteiger partial charge on any atom is -0.301 e. The highest BCUT2D eigenvalue weighted by molar-refractivity contribution is 8.01. The Balaban J connectivity index is 1.88. The number of carbonyl (C=O) groups excluding carboxylic acids is 1. The summed E-state index contributed by atoms with van der Waals surface area (Å²) in [5, 5.41) is 10.9. The Morgan fingerprint density at radius 3 is 2.70 bits per heavy atom. The Morgan fingerprint density at radius 1 is 1.37 bits per heavy atom. The van der Waals surface area contributed by atoms with Gasteiger partial charge < -0.3 is 5.32 Å². The number of nitrogens with zero attached hydrogens (tertiary/aromatic N) is 3. The van der Waals surface area contributed by atoms with E-state index in [0.29, 0.717) is 23.0 Å². The zero-order chi connectivity index (χ0) is 19.9. The van der Waals surface area contributed by atoms with E-state index in [4.69, 9.17) is 0 Å². The molecule has 2 aromatic rings. The van der Waals surface area contributed by atoms with Gasteiger partial charge in [0.1, 0.15) is 5.82 Å². The van der Waals surface area contributed by atoms with Gasteiger partial charge in [-0.2, -0.15) is 0 Å². The Labute approximate surface area is 165 Å². The van der Waals surface area contributed by atoms with Gasteiger partial charge in [0.05, 0.1) is 11.9 Å². The first-order valence-electron chi connectivity index (χ1n) is 7.90. The summed E-state index contributed by atoms with van der Waals surface area (Å²) >= 11 is 2.73. The standard InChI is InChI=1S/C16H19FN4O3S3/c1-3-11-25-16-20-19-15(26-16)18-14(22)5-4-10-21(27(2,23)24)13-8-6-12(17)7-9-13/h3,6-9H,1,4-5,10-11H2,2H3,(H,18,19,22). The van der Waals surface area contributed by atoms with E-state index in [1.54, 1.807) is 6.08 Å². The summed E-state index contributed by atoms with van der Waals surface area (Å²) in [5.74, 6) is -0.0268. The Morgan fingerprint density at radius 2 is 2.07 bits per heavy atom. The lowest BCUT2D eigenvalue weighted by Crippen LogP contribution is -2.31. The van der Waals surface area contributed by atoms with Crippen LogP contribution in [-0.2, 0) is 14.8 Å². The molecule has 146 valence electrons. The highest BCUT2D eigenvalue weighted by Gasteiger charge is 2.18. The number of thioether (sulfide) groups is 1. The van der Waals surface area contributed by atoms with E-state index >= 15 is 0 Å². The molecule has 0 spiro atoms. The van der Waals surface area contributed by atoms with E-state index in [1.807, 2.05) is 0 Å². The van der Waals surface area contributed by atoms with E-state index in [2.05, 4.69) is 22.1 Å². The van der Waals surface area contributed by atoms with Gasteiger partial charge in [0.25, 0.3) is 0 Å². The van der Waals surface area contributed by atoms with Gasteiger partial charge in [0, 0.05) is 18.7 Å². The quantitative estimate of drug-likeness (QED) is 0.354. The van der Waals surface area contributed by atoms with Crippen LogP contribution in [0.2, 0.25) is 0 Å². The number of carbonyl (C=O) groups is 1. The van der Waals surface area contributed by atoms with Gasteiger partial charge in [-0.25, -0.2) is 12.8 Å². The molecule has 2 rings (SSSR count). The number of halogens is 1. The zero-order valence-corrected chi connectivity index (χ0v) is 17.0. The van der Waals surface area contributed by atoms with Crippen LogP contribution in [0, 0.1) is 5.82 Å². The van der Waals surface area contributed by atoms with E-state index in [1.165, 1.54) is 47.4 Å². The number of hydrogen-bond acceptors (Lipinski definition) is 7. The third kappa shape index (κ3) is 6.92. The molecule has 0 aliphatic carbocycles. The molecule has 0 aliphatic rings. The molecule has 0 radical (unpaired) electrons. The summed E-state index contributed by atoms with van der Waals surface area (Å²) in [6.07, 6.45) is 3.23. The number of rotatable bonds is 10. The molecule has 1 aromatic heterocycles. The summed E-state index contributed by atoms with van der Waals surface area (Å²) in [5.41, 5.74) is 0.354. The van der Waals surface area contributed by atoms with Gasteiger partial charge in [0.15, 0.2) is 4.34 Å². The maximum atomic E-state index is 13.0. The molecule has 0 atom stereocenters. The molecule has 1 heterocycles. The summed E-state index contributed by atoms with van der Waals surface area (Å²) in [4.78, 5) is 12.0. The van der Waals surface area contributed by atoms with Gasteiger partial charge in [-0.05, 0) is 30.7 Å². The van der Waals surface area contributed by atoms with Gasteiger partial charge in [0.2, 0.25) is 21.1 Å². The summed E-state index contributed by atoms with van der Waals surface area (Å²) in [6.45, 7) is 3.73. The SMILES string of the molecule is C=CCSc1nnc(NC(=O)CCCN(c2ccc(F)cc2)S(C)(=O)=O)s1. The minimum atomic E-state index is -3.55. The number of amides is 1. The topological polar surface area (TPSA) is 92.3 Å². The van der Waals surface area contributed by atoms with Crippen molar-refractivity contribution in [2.45, 2.75) is 17.2 Å². The second-order valence-electron chi connectivity index (χ2n) is 5.44. The molecule has 0 fully saturated rings. The fraction of sp³-hybridized carbons (Fsp3) is 0.312. The van der Waals surface area contributed by atoms with E-state index in [-0.39, 0.29) is 18.9 Å². The monoisotopic (exact) mass is 430 g/mol. The number of sulfonamides is 1. The fourth-order valence-electron chi connectivity index (χ4n) is 2.11. The van der Waals surface area contributed by atoms with Crippen LogP contribution in [0.1, 0.15) is 12.8 Å². The largest absolute Gasteiger partial charge is 0.301 e. The van der Waals surface area contributed by atoms with Crippen molar-refractivity contribution in [3.8, 4) is 0 Å². The molecule has 0 bridgehead atoms. The molecule has 27 heavy (non-hydrogen) atoms. The molecular formula is C16H19FN4O3S3. The lowest BCUT2D eigenvalue weighted by atomic mass is 10.2. The van der Waals surface area contributed by atoms with Crippen molar-refractivity contribution >= 4 is 49.8 Å². The molecule has 0 saturated carbocycles. The van der Waals surface area contributed by atoms with Crippen molar-refractivity contribution < 1.29 is 17.6 Å². The number of anilines is 2. The molecule has 7 nitrogen and oxygen atoms in total. The molecule has 1 N–H and O–H groups in total. The summed E-state index contributed by atoms with van der Waals surface area (Å²) in [7, 11) is -3.55. The van der Waals surface area contributed by atoms with Crippen LogP contribution in [0.15, 0.2) is 41.3 Å². The maximum absolute atomic E-state index is 13.0. The smallest absolute Gasteiger partial charge is 0.232 e. The molecule has 0 unspecified atom stereocenters. The van der Waals surface area contributed by atoms with E-state index < -0.39 is 15.8 Å². The molecule has 1 aromatic carbocycles. The number of aromatic nitrogens is 2. The van der Waals surface area contributed by atoms with Gasteiger partial charge in [-0.1, -0.05) is 29.2 Å². The van der Waals surface area contributed by atoms with Crippen LogP contribution in [0.25, 0.3) is 0 Å². The van der Waals surface area contributed by atoms with Crippen molar-refractivity contribution in [1.29, 1.82) is 0 Å². The Bertz CT molecular complexity index is 885. The first-order chi connectivity index (χ1) is 12.8. The number of benzene rings is 1. The average molecular weight is 431 g/mol. The average Bonchev–Trinajstić information content (AvgIpc) is 3.04. The first kappa shape index (κ1) is 21.3. The van der Waals surface area contributed by atoms with Crippen LogP contribution >= 0.6 is 23.1 Å². The predicted molar refractivity (Wildman–Crippen MR) is 107 cm³/mol. The molecular weight excluding hydrogens is 411 g/mol. The zero-order valence-electron chi connectivity index (χ0n) is 14.6. The second-order valence-corrected chi connectivity index (χ2v) is 9.59. The predicted octanol–water partition coefficient (Wildman–Crippen LogP) is 3.14. The normalized spacial score (nSPS) is 11.2. The van der Waals surface area contributed by atoms with Gasteiger partial charge in [-0.3, -0.25) is 9.10 Å². The van der Waals surface area contributed by atoms with Crippen LogP contribution in [0.4, 0.5) is 15.2 Å². The van der Waals surface area contributed by atoms with Gasteiger partial charge in [-0.15, -0.1) is 16.8 Å². The summed E-state index contributed by atoms with van der Waals surface area (Å²) < 4.78 is 38.9. The van der Waals surface area contributed by atoms with E-state index in [0.717, 1.165) is 14.9 Å². The number of nitrogens with one attached hydrogen (secondary N) is 1. The van der Waals surface area contributed by atoms with Crippen molar-refractivity contribution in [2.24, 2.45) is 0 Å². The Hall–Kier alpha value is -1.98. The van der Waals surface area contributed by atoms with E-state index in [9.17, 15) is 17.6 Å². The van der Waals surface area contributed by atoms with Crippen molar-refractivity contribution in [1.82, 2.24) is 10.2 Å². The van der Waals surface area contributed by atoms with Gasteiger partial charge >= 0.3 is 0 Å². The highest BCUT2D eigenvalue weighted by Crippen LogP contribution is 2.25. The third-order valence-electron chi connectivity index (χ3n) is 3.26. The first-order valence-corrected chi connectivity index (χ1v) is 11.5. The van der Waals surface area contributed by atoms with Crippen molar-refractivity contribution in [3.05, 3.63) is 42.7 Å². The molecule has 0 saturated heterocycles. The molecule has 11 heteroatoms. The van der Waals surface area contributed by atoms with Crippen LogP contribution in [0.3, 0.4) is 0 Å². The molecule has 0 aliphatic heterocycles. The highest BCUT2D eigenvalue weighted by atomic mass is 32.2. The molecule has 1 amide bonds. The number of hydrogen-bond donors (Lipinski definition) is 1. The Kier molecular flexibility index (Phi) is 7.75. The minimum absolute atomic E-state index is 0.106. The lowest BCUT2D eigenvalue weighted by molar-refractivity contribution is -0.116. The van der Waals surface area contributed by atoms with Crippen LogP contribution in [-0.4, -0.2) is 43.1 Å². The van der Waals surface area contributed by atoms with Crippen LogP contribution < -0.4 is 9.62 Å². The maximum Gasteiger partial charge on any atom is 0.232 e. The van der Waals surface area contributed by atoms with Crippen LogP contribution in [0.5, 0.6) is 0 Å². The summed E-state index contributed by atoms with van der Waals surface area (Å²) in [6, 6.07) is 5.16. The van der Waals surface area contributed by atoms with Crippen molar-refractivity contribution in [2.75, 3.05) is 28.2 Å². The third-order valence-corrected chi connectivity index (χ3v) is 6.42. The van der Waals surface area contributed by atoms with Crippen molar-refractivity contribution in [3.63, 3.8) is 0 Å². The lowest BCUT2D eigenvalue weighted by Gasteiger charge is -2.22. The second kappa shape index (κ2) is 9.81.